The predicted molar refractivity (Wildman–Crippen MR) is 66.4 cm³/mol. The summed E-state index contributed by atoms with van der Waals surface area (Å²) in [6.07, 6.45) is 1.65. The highest BCUT2D eigenvalue weighted by molar-refractivity contribution is 5.31. The highest BCUT2D eigenvalue weighted by Gasteiger charge is 2.01. The van der Waals surface area contributed by atoms with Crippen molar-refractivity contribution >= 4 is 0 Å². The van der Waals surface area contributed by atoms with Crippen molar-refractivity contribution in [2.45, 2.75) is 13.1 Å². The fraction of sp³-hybridized carbons (Fsp3) is 0.333. The van der Waals surface area contributed by atoms with E-state index in [0.717, 1.165) is 17.3 Å². The van der Waals surface area contributed by atoms with Crippen molar-refractivity contribution in [3.05, 3.63) is 36.4 Å². The molecule has 6 heteroatoms. The minimum atomic E-state index is 0.378. The molecule has 0 saturated carbocycles. The van der Waals surface area contributed by atoms with E-state index < -0.39 is 0 Å². The smallest absolute Gasteiger partial charge is 0.146 e. The Morgan fingerprint density at radius 3 is 2.61 bits per heavy atom. The Morgan fingerprint density at radius 2 is 1.94 bits per heavy atom. The van der Waals surface area contributed by atoms with Gasteiger partial charge in [-0.3, -0.25) is 0 Å². The van der Waals surface area contributed by atoms with Gasteiger partial charge >= 0.3 is 0 Å². The van der Waals surface area contributed by atoms with Crippen molar-refractivity contribution in [1.29, 1.82) is 0 Å². The zero-order valence-electron chi connectivity index (χ0n) is 10.2. The molecule has 0 aliphatic carbocycles. The molecule has 2 aromatic rings. The summed E-state index contributed by atoms with van der Waals surface area (Å²) in [4.78, 5) is 0. The second kappa shape index (κ2) is 6.02. The molecule has 0 fully saturated rings. The molecule has 2 N–H and O–H groups in total. The summed E-state index contributed by atoms with van der Waals surface area (Å²) in [6.45, 7) is 1.59. The number of nitrogens with zero attached hydrogens (tertiary/aromatic N) is 3. The average Bonchev–Trinajstić information content (AvgIpc) is 2.87. The Bertz CT molecular complexity index is 481. The van der Waals surface area contributed by atoms with Gasteiger partial charge in [0.25, 0.3) is 0 Å². The summed E-state index contributed by atoms with van der Waals surface area (Å²) < 4.78 is 12.6. The van der Waals surface area contributed by atoms with Gasteiger partial charge < -0.3 is 19.8 Å². The van der Waals surface area contributed by atoms with Crippen LogP contribution in [-0.4, -0.2) is 28.5 Å². The topological polar surface area (TPSA) is 75.2 Å². The number of benzene rings is 1. The molecule has 1 heterocycles. The average molecular weight is 248 g/mol. The molecule has 0 radical (unpaired) electrons. The van der Waals surface area contributed by atoms with E-state index in [1.807, 2.05) is 28.8 Å². The molecule has 0 spiro atoms. The van der Waals surface area contributed by atoms with Crippen LogP contribution in [0.2, 0.25) is 0 Å². The number of methoxy groups -OCH3 is 1. The van der Waals surface area contributed by atoms with Crippen LogP contribution in [0, 0.1) is 0 Å². The number of ether oxygens (including phenoxy) is 2. The van der Waals surface area contributed by atoms with Crippen molar-refractivity contribution < 1.29 is 9.47 Å². The minimum absolute atomic E-state index is 0.378. The highest BCUT2D eigenvalue weighted by Crippen LogP contribution is 2.16. The van der Waals surface area contributed by atoms with Crippen molar-refractivity contribution in [2.24, 2.45) is 5.73 Å². The van der Waals surface area contributed by atoms with Crippen LogP contribution in [0.1, 0.15) is 5.82 Å². The third kappa shape index (κ3) is 2.98. The van der Waals surface area contributed by atoms with Crippen LogP contribution in [-0.2, 0) is 13.1 Å². The minimum Gasteiger partial charge on any atom is -0.497 e. The number of hydrogen-bond acceptors (Lipinski definition) is 5. The van der Waals surface area contributed by atoms with E-state index in [1.54, 1.807) is 13.4 Å². The molecule has 0 atom stereocenters. The second-order valence-corrected chi connectivity index (χ2v) is 3.67. The monoisotopic (exact) mass is 248 g/mol. The quantitative estimate of drug-likeness (QED) is 0.819. The van der Waals surface area contributed by atoms with E-state index in [9.17, 15) is 0 Å². The van der Waals surface area contributed by atoms with Gasteiger partial charge in [-0.15, -0.1) is 10.2 Å². The van der Waals surface area contributed by atoms with Gasteiger partial charge in [-0.25, -0.2) is 0 Å². The molecule has 6 nitrogen and oxygen atoms in total. The first-order chi connectivity index (χ1) is 8.83. The van der Waals surface area contributed by atoms with E-state index >= 15 is 0 Å². The Morgan fingerprint density at radius 1 is 1.22 bits per heavy atom. The molecule has 0 unspecified atom stereocenters. The fourth-order valence-corrected chi connectivity index (χ4v) is 1.56. The summed E-state index contributed by atoms with van der Waals surface area (Å²) in [5, 5.41) is 7.70. The highest BCUT2D eigenvalue weighted by atomic mass is 16.5. The number of rotatable bonds is 6. The standard InChI is InChI=1S/C12H16N4O2/c1-17-10-2-4-11(5-3-10)18-7-6-16-9-14-15-12(16)8-13/h2-5,9H,6-8,13H2,1H3. The van der Waals surface area contributed by atoms with Crippen LogP contribution in [0.15, 0.2) is 30.6 Å². The Hall–Kier alpha value is -2.08. The molecule has 0 amide bonds. The third-order valence-corrected chi connectivity index (χ3v) is 2.54. The molecule has 18 heavy (non-hydrogen) atoms. The van der Waals surface area contributed by atoms with Gasteiger partial charge in [-0.1, -0.05) is 0 Å². The number of nitrogens with two attached hydrogens (primary N) is 1. The first-order valence-electron chi connectivity index (χ1n) is 5.67. The molecule has 0 saturated heterocycles. The molecule has 1 aromatic carbocycles. The molecule has 1 aromatic heterocycles. The largest absolute Gasteiger partial charge is 0.497 e. The van der Waals surface area contributed by atoms with E-state index in [-0.39, 0.29) is 0 Å². The van der Waals surface area contributed by atoms with Crippen LogP contribution >= 0.6 is 0 Å². The van der Waals surface area contributed by atoms with Crippen LogP contribution in [0.5, 0.6) is 11.5 Å². The van der Waals surface area contributed by atoms with Gasteiger partial charge in [0.1, 0.15) is 30.3 Å². The SMILES string of the molecule is COc1ccc(OCCn2cnnc2CN)cc1. The third-order valence-electron chi connectivity index (χ3n) is 2.54. The Balaban J connectivity index is 1.84. The zero-order chi connectivity index (χ0) is 12.8. The normalized spacial score (nSPS) is 10.3. The molecule has 0 aliphatic rings. The Kier molecular flexibility index (Phi) is 4.14. The lowest BCUT2D eigenvalue weighted by Gasteiger charge is -2.08. The van der Waals surface area contributed by atoms with Crippen LogP contribution in [0.3, 0.4) is 0 Å². The van der Waals surface area contributed by atoms with Gasteiger partial charge in [0, 0.05) is 0 Å². The molecule has 0 aliphatic heterocycles. The molecule has 2 rings (SSSR count). The Labute approximate surface area is 105 Å². The lowest BCUT2D eigenvalue weighted by Crippen LogP contribution is -2.12. The van der Waals surface area contributed by atoms with Gasteiger partial charge in [-0.2, -0.15) is 0 Å². The van der Waals surface area contributed by atoms with E-state index in [0.29, 0.717) is 19.7 Å². The van der Waals surface area contributed by atoms with Crippen LogP contribution in [0.4, 0.5) is 0 Å². The lowest BCUT2D eigenvalue weighted by atomic mass is 10.3. The van der Waals surface area contributed by atoms with Crippen molar-refractivity contribution in [3.8, 4) is 11.5 Å². The summed E-state index contributed by atoms with van der Waals surface area (Å²) in [7, 11) is 1.64. The van der Waals surface area contributed by atoms with E-state index in [2.05, 4.69) is 10.2 Å². The maximum Gasteiger partial charge on any atom is 0.146 e. The molecular weight excluding hydrogens is 232 g/mol. The van der Waals surface area contributed by atoms with Crippen molar-refractivity contribution in [2.75, 3.05) is 13.7 Å². The summed E-state index contributed by atoms with van der Waals surface area (Å²) >= 11 is 0. The fourth-order valence-electron chi connectivity index (χ4n) is 1.56. The molecule has 0 bridgehead atoms. The number of hydrogen-bond donors (Lipinski definition) is 1. The van der Waals surface area contributed by atoms with Gasteiger partial charge in [0.15, 0.2) is 0 Å². The van der Waals surface area contributed by atoms with Gasteiger partial charge in [0.2, 0.25) is 0 Å². The summed E-state index contributed by atoms with van der Waals surface area (Å²) in [5.41, 5.74) is 5.53. The zero-order valence-corrected chi connectivity index (χ0v) is 10.2. The van der Waals surface area contributed by atoms with E-state index in [4.69, 9.17) is 15.2 Å². The molecule has 96 valence electrons. The second-order valence-electron chi connectivity index (χ2n) is 3.67. The summed E-state index contributed by atoms with van der Waals surface area (Å²) in [6, 6.07) is 7.46. The van der Waals surface area contributed by atoms with Crippen LogP contribution < -0.4 is 15.2 Å². The van der Waals surface area contributed by atoms with Gasteiger partial charge in [-0.05, 0) is 24.3 Å². The maximum atomic E-state index is 5.61. The first kappa shape index (κ1) is 12.4. The van der Waals surface area contributed by atoms with Crippen molar-refractivity contribution in [3.63, 3.8) is 0 Å². The summed E-state index contributed by atoms with van der Waals surface area (Å²) in [5.74, 6) is 2.37. The lowest BCUT2D eigenvalue weighted by molar-refractivity contribution is 0.295. The molecular formula is C12H16N4O2. The van der Waals surface area contributed by atoms with Gasteiger partial charge in [0.05, 0.1) is 20.2 Å². The van der Waals surface area contributed by atoms with Crippen LogP contribution in [0.25, 0.3) is 0 Å². The van der Waals surface area contributed by atoms with E-state index in [1.165, 1.54) is 0 Å². The maximum absolute atomic E-state index is 5.61. The predicted octanol–water partition coefficient (Wildman–Crippen LogP) is 0.824. The van der Waals surface area contributed by atoms with Crippen molar-refractivity contribution in [1.82, 2.24) is 14.8 Å². The first-order valence-corrected chi connectivity index (χ1v) is 5.67. The number of aromatic nitrogens is 3.